The summed E-state index contributed by atoms with van der Waals surface area (Å²) in [7, 11) is 1.68. The molecule has 0 spiro atoms. The van der Waals surface area contributed by atoms with Gasteiger partial charge in [0, 0.05) is 12.1 Å². The Balaban J connectivity index is 2.22. The number of anilines is 1. The van der Waals surface area contributed by atoms with Gasteiger partial charge in [0.05, 0.1) is 6.04 Å². The van der Waals surface area contributed by atoms with Gasteiger partial charge in [-0.05, 0) is 18.6 Å². The number of carbonyl (C=O) groups excluding carboxylic acids is 1. The zero-order valence-corrected chi connectivity index (χ0v) is 11.3. The van der Waals surface area contributed by atoms with Crippen molar-refractivity contribution in [2.24, 2.45) is 0 Å². The first kappa shape index (κ1) is 13.4. The van der Waals surface area contributed by atoms with Crippen molar-refractivity contribution in [1.82, 2.24) is 20.1 Å². The van der Waals surface area contributed by atoms with Crippen molar-refractivity contribution in [2.45, 2.75) is 13.0 Å². The molecule has 7 heteroatoms. The maximum atomic E-state index is 12.2. The second kappa shape index (κ2) is 5.27. The van der Waals surface area contributed by atoms with Crippen molar-refractivity contribution < 1.29 is 4.79 Å². The van der Waals surface area contributed by atoms with E-state index < -0.39 is 0 Å². The highest BCUT2D eigenvalue weighted by Gasteiger charge is 2.22. The largest absolute Gasteiger partial charge is 0.366 e. The monoisotopic (exact) mass is 279 g/mol. The number of H-pyrrole nitrogens is 1. The number of hydrogen-bond acceptors (Lipinski definition) is 4. The van der Waals surface area contributed by atoms with Crippen LogP contribution in [-0.2, 0) is 0 Å². The van der Waals surface area contributed by atoms with E-state index in [1.807, 2.05) is 25.1 Å². The molecule has 100 valence electrons. The Labute approximate surface area is 115 Å². The van der Waals surface area contributed by atoms with Crippen LogP contribution >= 0.6 is 11.6 Å². The first-order valence-corrected chi connectivity index (χ1v) is 6.08. The second-order valence-corrected chi connectivity index (χ2v) is 4.56. The quantitative estimate of drug-likeness (QED) is 0.898. The van der Waals surface area contributed by atoms with E-state index in [4.69, 9.17) is 17.3 Å². The highest BCUT2D eigenvalue weighted by Crippen LogP contribution is 2.26. The fourth-order valence-corrected chi connectivity index (χ4v) is 2.03. The average Bonchev–Trinajstić information content (AvgIpc) is 2.83. The van der Waals surface area contributed by atoms with Crippen LogP contribution in [-0.4, -0.2) is 33.0 Å². The summed E-state index contributed by atoms with van der Waals surface area (Å²) in [5.74, 6) is -0.141. The lowest BCUT2D eigenvalue weighted by Gasteiger charge is -2.25. The first-order valence-electron chi connectivity index (χ1n) is 5.70. The number of nitrogen functional groups attached to an aromatic ring is 1. The predicted molar refractivity (Wildman–Crippen MR) is 72.8 cm³/mol. The second-order valence-electron chi connectivity index (χ2n) is 4.16. The van der Waals surface area contributed by atoms with Gasteiger partial charge in [0.15, 0.2) is 0 Å². The molecule has 1 atom stereocenters. The Bertz CT molecular complexity index is 597. The van der Waals surface area contributed by atoms with Gasteiger partial charge in [-0.3, -0.25) is 9.89 Å². The minimum atomic E-state index is -0.295. The van der Waals surface area contributed by atoms with Gasteiger partial charge in [0.25, 0.3) is 5.91 Å². The molecule has 1 heterocycles. The minimum absolute atomic E-state index is 0.0437. The molecule has 2 rings (SSSR count). The maximum absolute atomic E-state index is 12.2. The van der Waals surface area contributed by atoms with E-state index in [0.717, 1.165) is 5.56 Å². The van der Waals surface area contributed by atoms with Crippen LogP contribution < -0.4 is 5.73 Å². The number of rotatable bonds is 3. The van der Waals surface area contributed by atoms with Crippen molar-refractivity contribution in [2.75, 3.05) is 12.8 Å². The number of nitrogens with two attached hydrogens (primary N) is 1. The average molecular weight is 280 g/mol. The molecule has 0 saturated carbocycles. The van der Waals surface area contributed by atoms with Gasteiger partial charge in [-0.25, -0.2) is 0 Å². The third kappa shape index (κ3) is 2.68. The number of aromatic amines is 1. The molecule has 6 nitrogen and oxygen atoms in total. The first-order chi connectivity index (χ1) is 9.00. The van der Waals surface area contributed by atoms with E-state index in [-0.39, 0.29) is 23.7 Å². The Morgan fingerprint density at radius 3 is 2.74 bits per heavy atom. The van der Waals surface area contributed by atoms with E-state index in [1.165, 1.54) is 4.90 Å². The van der Waals surface area contributed by atoms with Gasteiger partial charge in [-0.2, -0.15) is 4.98 Å². The molecule has 19 heavy (non-hydrogen) atoms. The van der Waals surface area contributed by atoms with Crippen molar-refractivity contribution in [3.63, 3.8) is 0 Å². The lowest BCUT2D eigenvalue weighted by molar-refractivity contribution is 0.0731. The fourth-order valence-electron chi connectivity index (χ4n) is 1.74. The topological polar surface area (TPSA) is 87.9 Å². The molecule has 0 aliphatic carbocycles. The predicted octanol–water partition coefficient (Wildman–Crippen LogP) is 1.87. The Hall–Kier alpha value is -2.08. The summed E-state index contributed by atoms with van der Waals surface area (Å²) in [4.78, 5) is 17.5. The van der Waals surface area contributed by atoms with Crippen molar-refractivity contribution in [3.8, 4) is 0 Å². The van der Waals surface area contributed by atoms with Gasteiger partial charge in [-0.1, -0.05) is 29.8 Å². The molecule has 1 unspecified atom stereocenters. The summed E-state index contributed by atoms with van der Waals surface area (Å²) < 4.78 is 0. The summed E-state index contributed by atoms with van der Waals surface area (Å²) in [5.41, 5.74) is 6.25. The van der Waals surface area contributed by atoms with Gasteiger partial charge < -0.3 is 10.6 Å². The van der Waals surface area contributed by atoms with Gasteiger partial charge in [0.1, 0.15) is 0 Å². The van der Waals surface area contributed by atoms with Crippen molar-refractivity contribution >= 4 is 23.5 Å². The molecule has 0 aliphatic heterocycles. The Morgan fingerprint density at radius 2 is 2.16 bits per heavy atom. The van der Waals surface area contributed by atoms with E-state index in [1.54, 1.807) is 13.1 Å². The smallest absolute Gasteiger partial charge is 0.291 e. The van der Waals surface area contributed by atoms with E-state index in [0.29, 0.717) is 5.02 Å². The molecule has 1 aromatic heterocycles. The molecule has 0 fully saturated rings. The highest BCUT2D eigenvalue weighted by molar-refractivity contribution is 6.31. The highest BCUT2D eigenvalue weighted by atomic mass is 35.5. The number of carbonyl (C=O) groups is 1. The van der Waals surface area contributed by atoms with E-state index in [9.17, 15) is 4.79 Å². The Morgan fingerprint density at radius 1 is 1.47 bits per heavy atom. The zero-order valence-electron chi connectivity index (χ0n) is 10.6. The lowest BCUT2D eigenvalue weighted by atomic mass is 10.1. The zero-order chi connectivity index (χ0) is 14.0. The summed E-state index contributed by atoms with van der Waals surface area (Å²) in [6, 6.07) is 7.21. The number of aromatic nitrogens is 3. The van der Waals surface area contributed by atoms with Crippen LogP contribution in [0.1, 0.15) is 29.1 Å². The standard InChI is InChI=1S/C12H14ClN5O/c1-7(8-5-3-4-6-9(8)13)18(2)11(19)10-15-12(14)17-16-10/h3-7H,1-2H3,(H3,14,15,16,17). The number of hydrogen-bond donors (Lipinski definition) is 2. The molecule has 1 aromatic carbocycles. The molecule has 2 aromatic rings. The molecule has 0 aliphatic rings. The van der Waals surface area contributed by atoms with Crippen LogP contribution in [0.4, 0.5) is 5.95 Å². The number of nitrogens with one attached hydrogen (secondary N) is 1. The third-order valence-electron chi connectivity index (χ3n) is 2.96. The van der Waals surface area contributed by atoms with Crippen LogP contribution in [0.2, 0.25) is 5.02 Å². The number of halogens is 1. The lowest BCUT2D eigenvalue weighted by Crippen LogP contribution is -2.30. The summed E-state index contributed by atoms with van der Waals surface area (Å²) in [6.45, 7) is 1.89. The molecule has 0 bridgehead atoms. The fraction of sp³-hybridized carbons (Fsp3) is 0.250. The van der Waals surface area contributed by atoms with Crippen LogP contribution in [0, 0.1) is 0 Å². The SMILES string of the molecule is CC(c1ccccc1Cl)N(C)C(=O)c1nc(N)n[nH]1. The Kier molecular flexibility index (Phi) is 3.71. The number of nitrogens with zero attached hydrogens (tertiary/aromatic N) is 3. The summed E-state index contributed by atoms with van der Waals surface area (Å²) in [5, 5.41) is 6.75. The molecule has 0 saturated heterocycles. The molecule has 3 N–H and O–H groups in total. The summed E-state index contributed by atoms with van der Waals surface area (Å²) >= 11 is 6.12. The van der Waals surface area contributed by atoms with Crippen LogP contribution in [0.15, 0.2) is 24.3 Å². The molecular formula is C12H14ClN5O. The summed E-state index contributed by atoms with van der Waals surface area (Å²) in [6.07, 6.45) is 0. The van der Waals surface area contributed by atoms with Crippen LogP contribution in [0.5, 0.6) is 0 Å². The van der Waals surface area contributed by atoms with Crippen molar-refractivity contribution in [3.05, 3.63) is 40.7 Å². The molecule has 0 radical (unpaired) electrons. The minimum Gasteiger partial charge on any atom is -0.366 e. The van der Waals surface area contributed by atoms with Gasteiger partial charge in [0.2, 0.25) is 11.8 Å². The number of amides is 1. The molecule has 1 amide bonds. The van der Waals surface area contributed by atoms with E-state index >= 15 is 0 Å². The van der Waals surface area contributed by atoms with Crippen LogP contribution in [0.3, 0.4) is 0 Å². The van der Waals surface area contributed by atoms with E-state index in [2.05, 4.69) is 15.2 Å². The molecular weight excluding hydrogens is 266 g/mol. The maximum Gasteiger partial charge on any atom is 0.291 e. The normalized spacial score (nSPS) is 12.2. The van der Waals surface area contributed by atoms with Crippen LogP contribution in [0.25, 0.3) is 0 Å². The van der Waals surface area contributed by atoms with Gasteiger partial charge in [-0.15, -0.1) is 5.10 Å². The third-order valence-corrected chi connectivity index (χ3v) is 3.31. The van der Waals surface area contributed by atoms with Crippen molar-refractivity contribution in [1.29, 1.82) is 0 Å². The van der Waals surface area contributed by atoms with Gasteiger partial charge >= 0.3 is 0 Å². The number of benzene rings is 1.